The Morgan fingerprint density at radius 2 is 2.00 bits per heavy atom. The third kappa shape index (κ3) is 3.98. The predicted octanol–water partition coefficient (Wildman–Crippen LogP) is 3.97. The second-order valence-corrected chi connectivity index (χ2v) is 6.53. The molecule has 5 heteroatoms. The summed E-state index contributed by atoms with van der Waals surface area (Å²) in [6, 6.07) is 14.7. The van der Waals surface area contributed by atoms with Crippen molar-refractivity contribution in [3.8, 4) is 0 Å². The number of nitrogens with zero attached hydrogens (tertiary/aromatic N) is 1. The number of carbonyl (C=O) groups is 1. The number of nitrogens with one attached hydrogen (secondary N) is 1. The summed E-state index contributed by atoms with van der Waals surface area (Å²) in [5.74, 6) is -0.255. The van der Waals surface area contributed by atoms with Crippen LogP contribution in [-0.4, -0.2) is 22.5 Å². The van der Waals surface area contributed by atoms with Gasteiger partial charge in [0.05, 0.1) is 22.9 Å². The van der Waals surface area contributed by atoms with Crippen LogP contribution >= 0.6 is 11.6 Å². The first-order valence-corrected chi connectivity index (χ1v) is 8.41. The monoisotopic (exact) mass is 354 g/mol. The average molecular weight is 355 g/mol. The van der Waals surface area contributed by atoms with Gasteiger partial charge in [0.15, 0.2) is 0 Å². The van der Waals surface area contributed by atoms with E-state index in [2.05, 4.69) is 10.3 Å². The fourth-order valence-electron chi connectivity index (χ4n) is 2.74. The van der Waals surface area contributed by atoms with Gasteiger partial charge in [0.2, 0.25) is 0 Å². The molecule has 25 heavy (non-hydrogen) atoms. The zero-order valence-electron chi connectivity index (χ0n) is 14.1. The summed E-state index contributed by atoms with van der Waals surface area (Å²) in [6.45, 7) is 3.91. The van der Waals surface area contributed by atoms with E-state index < -0.39 is 6.10 Å². The van der Waals surface area contributed by atoms with Gasteiger partial charge in [0, 0.05) is 17.0 Å². The number of fused-ring (bicyclic) bond motifs is 1. The number of aliphatic hydroxyl groups excluding tert-OH is 1. The highest BCUT2D eigenvalue weighted by Gasteiger charge is 2.14. The molecule has 0 saturated heterocycles. The molecular formula is C20H19ClN2O2. The Bertz CT molecular complexity index is 940. The maximum Gasteiger partial charge on any atom is 0.253 e. The number of carbonyl (C=O) groups excluding carboxylic acids is 1. The number of rotatable bonds is 4. The van der Waals surface area contributed by atoms with E-state index in [4.69, 9.17) is 11.6 Å². The van der Waals surface area contributed by atoms with E-state index in [9.17, 15) is 9.90 Å². The summed E-state index contributed by atoms with van der Waals surface area (Å²) in [6.07, 6.45) is -0.821. The molecule has 0 unspecified atom stereocenters. The number of benzene rings is 2. The summed E-state index contributed by atoms with van der Waals surface area (Å²) in [7, 11) is 0. The standard InChI is InChI=1S/C20H19ClN2O2/c1-12-6-7-18-15(8-12)10-17(13(2)23-18)20(25)22-11-19(24)14-4-3-5-16(21)9-14/h3-10,19,24H,11H2,1-2H3,(H,22,25)/t19-/m0/s1. The predicted molar refractivity (Wildman–Crippen MR) is 100.0 cm³/mol. The first-order chi connectivity index (χ1) is 11.9. The van der Waals surface area contributed by atoms with Crippen molar-refractivity contribution in [3.05, 3.63) is 75.9 Å². The molecule has 128 valence electrons. The van der Waals surface area contributed by atoms with Crippen LogP contribution in [0.4, 0.5) is 0 Å². The number of halogens is 1. The lowest BCUT2D eigenvalue weighted by Crippen LogP contribution is -2.29. The molecule has 1 atom stereocenters. The summed E-state index contributed by atoms with van der Waals surface area (Å²) in [5, 5.41) is 14.5. The van der Waals surface area contributed by atoms with Gasteiger partial charge in [-0.05, 0) is 49.7 Å². The average Bonchev–Trinajstić information content (AvgIpc) is 2.59. The van der Waals surface area contributed by atoms with E-state index in [0.29, 0.717) is 21.8 Å². The van der Waals surface area contributed by atoms with Crippen molar-refractivity contribution >= 4 is 28.4 Å². The summed E-state index contributed by atoms with van der Waals surface area (Å²) in [4.78, 5) is 17.0. The van der Waals surface area contributed by atoms with Crippen LogP contribution in [0.2, 0.25) is 5.02 Å². The molecule has 0 spiro atoms. The third-order valence-electron chi connectivity index (χ3n) is 4.09. The van der Waals surface area contributed by atoms with Crippen molar-refractivity contribution in [2.75, 3.05) is 6.54 Å². The number of aryl methyl sites for hydroxylation is 2. The Morgan fingerprint density at radius 3 is 2.76 bits per heavy atom. The lowest BCUT2D eigenvalue weighted by atomic mass is 10.1. The molecule has 0 aliphatic rings. The molecule has 1 heterocycles. The number of hydrogen-bond acceptors (Lipinski definition) is 3. The second-order valence-electron chi connectivity index (χ2n) is 6.10. The molecule has 0 fully saturated rings. The largest absolute Gasteiger partial charge is 0.387 e. The molecule has 0 radical (unpaired) electrons. The number of hydrogen-bond donors (Lipinski definition) is 2. The first kappa shape index (κ1) is 17.4. The van der Waals surface area contributed by atoms with E-state index in [0.717, 1.165) is 16.5 Å². The van der Waals surface area contributed by atoms with Crippen LogP contribution in [0.3, 0.4) is 0 Å². The third-order valence-corrected chi connectivity index (χ3v) is 4.33. The fraction of sp³-hybridized carbons (Fsp3) is 0.200. The Hall–Kier alpha value is -2.43. The molecule has 2 aromatic carbocycles. The first-order valence-electron chi connectivity index (χ1n) is 8.04. The van der Waals surface area contributed by atoms with Gasteiger partial charge in [-0.1, -0.05) is 35.4 Å². The van der Waals surface area contributed by atoms with Gasteiger partial charge in [-0.3, -0.25) is 9.78 Å². The van der Waals surface area contributed by atoms with Crippen molar-refractivity contribution in [1.29, 1.82) is 0 Å². The molecule has 3 rings (SSSR count). The minimum absolute atomic E-state index is 0.102. The Kier molecular flexibility index (Phi) is 5.02. The van der Waals surface area contributed by atoms with Crippen LogP contribution in [0.25, 0.3) is 10.9 Å². The van der Waals surface area contributed by atoms with Crippen molar-refractivity contribution < 1.29 is 9.90 Å². The van der Waals surface area contributed by atoms with Crippen molar-refractivity contribution in [3.63, 3.8) is 0 Å². The molecule has 4 nitrogen and oxygen atoms in total. The molecule has 1 amide bonds. The Balaban J connectivity index is 1.76. The highest BCUT2D eigenvalue weighted by atomic mass is 35.5. The highest BCUT2D eigenvalue weighted by Crippen LogP contribution is 2.19. The van der Waals surface area contributed by atoms with E-state index in [1.807, 2.05) is 38.1 Å². The van der Waals surface area contributed by atoms with Crippen LogP contribution in [0.5, 0.6) is 0 Å². The molecule has 0 aliphatic carbocycles. The van der Waals surface area contributed by atoms with E-state index >= 15 is 0 Å². The van der Waals surface area contributed by atoms with Crippen LogP contribution < -0.4 is 5.32 Å². The summed E-state index contributed by atoms with van der Waals surface area (Å²) in [5.41, 5.74) is 3.80. The minimum atomic E-state index is -0.821. The Labute approximate surface area is 151 Å². The van der Waals surface area contributed by atoms with Crippen LogP contribution in [-0.2, 0) is 0 Å². The molecule has 1 aromatic heterocycles. The molecule has 0 bridgehead atoms. The quantitative estimate of drug-likeness (QED) is 0.745. The fourth-order valence-corrected chi connectivity index (χ4v) is 2.94. The van der Waals surface area contributed by atoms with Gasteiger partial charge < -0.3 is 10.4 Å². The molecule has 2 N–H and O–H groups in total. The number of amides is 1. The topological polar surface area (TPSA) is 62.2 Å². The van der Waals surface area contributed by atoms with Gasteiger partial charge in [-0.25, -0.2) is 0 Å². The van der Waals surface area contributed by atoms with Gasteiger partial charge >= 0.3 is 0 Å². The maximum atomic E-state index is 12.5. The van der Waals surface area contributed by atoms with E-state index in [1.165, 1.54) is 0 Å². The van der Waals surface area contributed by atoms with Crippen LogP contribution in [0, 0.1) is 13.8 Å². The molecular weight excluding hydrogens is 336 g/mol. The highest BCUT2D eigenvalue weighted by molar-refractivity contribution is 6.30. The van der Waals surface area contributed by atoms with Crippen molar-refractivity contribution in [2.45, 2.75) is 20.0 Å². The van der Waals surface area contributed by atoms with E-state index in [-0.39, 0.29) is 12.5 Å². The van der Waals surface area contributed by atoms with Crippen LogP contribution in [0.15, 0.2) is 48.5 Å². The zero-order valence-corrected chi connectivity index (χ0v) is 14.8. The van der Waals surface area contributed by atoms with Gasteiger partial charge in [0.25, 0.3) is 5.91 Å². The summed E-state index contributed by atoms with van der Waals surface area (Å²) < 4.78 is 0. The smallest absolute Gasteiger partial charge is 0.253 e. The van der Waals surface area contributed by atoms with Crippen molar-refractivity contribution in [1.82, 2.24) is 10.3 Å². The zero-order chi connectivity index (χ0) is 18.0. The number of aromatic nitrogens is 1. The van der Waals surface area contributed by atoms with Crippen LogP contribution in [0.1, 0.15) is 33.3 Å². The normalized spacial score (nSPS) is 12.2. The lowest BCUT2D eigenvalue weighted by molar-refractivity contribution is 0.0915. The van der Waals surface area contributed by atoms with Gasteiger partial charge in [-0.2, -0.15) is 0 Å². The number of aliphatic hydroxyl groups is 1. The minimum Gasteiger partial charge on any atom is -0.387 e. The second kappa shape index (κ2) is 7.21. The van der Waals surface area contributed by atoms with Crippen molar-refractivity contribution in [2.24, 2.45) is 0 Å². The molecule has 0 aliphatic heterocycles. The Morgan fingerprint density at radius 1 is 1.20 bits per heavy atom. The molecule has 3 aromatic rings. The maximum absolute atomic E-state index is 12.5. The molecule has 0 saturated carbocycles. The van der Waals surface area contributed by atoms with Gasteiger partial charge in [-0.15, -0.1) is 0 Å². The van der Waals surface area contributed by atoms with E-state index in [1.54, 1.807) is 24.3 Å². The summed E-state index contributed by atoms with van der Waals surface area (Å²) >= 11 is 5.93. The lowest BCUT2D eigenvalue weighted by Gasteiger charge is -2.14. The van der Waals surface area contributed by atoms with Gasteiger partial charge in [0.1, 0.15) is 0 Å². The number of pyridine rings is 1. The SMILES string of the molecule is Cc1ccc2nc(C)c(C(=O)NC[C@H](O)c3cccc(Cl)c3)cc2c1.